The first kappa shape index (κ1) is 17.9. The Morgan fingerprint density at radius 2 is 1.85 bits per heavy atom. The van der Waals surface area contributed by atoms with Gasteiger partial charge in [-0.15, -0.1) is 0 Å². The van der Waals surface area contributed by atoms with Crippen molar-refractivity contribution in [2.24, 2.45) is 0 Å². The average Bonchev–Trinajstić information content (AvgIpc) is 2.64. The Morgan fingerprint density at radius 3 is 2.62 bits per heavy atom. The first-order chi connectivity index (χ1) is 12.4. The zero-order chi connectivity index (χ0) is 18.6. The Morgan fingerprint density at radius 1 is 1.08 bits per heavy atom. The Hall–Kier alpha value is -2.90. The highest BCUT2D eigenvalue weighted by molar-refractivity contribution is 5.77. The van der Waals surface area contributed by atoms with Gasteiger partial charge in [-0.25, -0.2) is 0 Å². The van der Waals surface area contributed by atoms with Gasteiger partial charge in [0.1, 0.15) is 19.0 Å². The third-order valence-corrected chi connectivity index (χ3v) is 3.63. The summed E-state index contributed by atoms with van der Waals surface area (Å²) in [6, 6.07) is 9.70. The molecule has 5 nitrogen and oxygen atoms in total. The quantitative estimate of drug-likeness (QED) is 0.882. The first-order valence-electron chi connectivity index (χ1n) is 7.87. The predicted molar refractivity (Wildman–Crippen MR) is 86.2 cm³/mol. The van der Waals surface area contributed by atoms with Crippen LogP contribution in [0.3, 0.4) is 0 Å². The van der Waals surface area contributed by atoms with Crippen LogP contribution in [-0.2, 0) is 17.5 Å². The lowest BCUT2D eigenvalue weighted by Gasteiger charge is -2.19. The van der Waals surface area contributed by atoms with Gasteiger partial charge in [-0.1, -0.05) is 12.1 Å². The molecule has 0 spiro atoms. The maximum atomic E-state index is 12.6. The molecule has 3 rings (SSSR count). The van der Waals surface area contributed by atoms with Gasteiger partial charge in [0, 0.05) is 6.54 Å². The summed E-state index contributed by atoms with van der Waals surface area (Å²) in [5.74, 6) is 0.800. The van der Waals surface area contributed by atoms with Gasteiger partial charge < -0.3 is 19.5 Å². The zero-order valence-corrected chi connectivity index (χ0v) is 13.6. The van der Waals surface area contributed by atoms with Crippen molar-refractivity contribution in [1.82, 2.24) is 5.32 Å². The molecule has 0 radical (unpaired) electrons. The Kier molecular flexibility index (Phi) is 5.20. The van der Waals surface area contributed by atoms with E-state index in [1.54, 1.807) is 18.2 Å². The van der Waals surface area contributed by atoms with Crippen LogP contribution in [0.15, 0.2) is 42.5 Å². The summed E-state index contributed by atoms with van der Waals surface area (Å²) < 4.78 is 53.9. The fourth-order valence-electron chi connectivity index (χ4n) is 2.36. The third kappa shape index (κ3) is 4.59. The molecule has 1 aliphatic rings. The van der Waals surface area contributed by atoms with Gasteiger partial charge >= 0.3 is 6.18 Å². The monoisotopic (exact) mass is 367 g/mol. The number of fused-ring (bicyclic) bond motifs is 1. The lowest BCUT2D eigenvalue weighted by molar-refractivity contribution is -0.137. The molecular formula is C18H16F3NO4. The van der Waals surface area contributed by atoms with Gasteiger partial charge in [0.2, 0.25) is 0 Å². The number of amides is 1. The first-order valence-corrected chi connectivity index (χ1v) is 7.87. The molecule has 0 unspecified atom stereocenters. The number of carbonyl (C=O) groups is 1. The molecular weight excluding hydrogens is 351 g/mol. The number of benzene rings is 2. The molecule has 1 N–H and O–H groups in total. The largest absolute Gasteiger partial charge is 0.486 e. The number of halogens is 3. The van der Waals surface area contributed by atoms with E-state index in [1.807, 2.05) is 0 Å². The van der Waals surface area contributed by atoms with E-state index in [0.29, 0.717) is 24.7 Å². The Bertz CT molecular complexity index is 792. The van der Waals surface area contributed by atoms with Crippen molar-refractivity contribution in [3.63, 3.8) is 0 Å². The van der Waals surface area contributed by atoms with Gasteiger partial charge in [-0.05, 0) is 35.9 Å². The average molecular weight is 367 g/mol. The van der Waals surface area contributed by atoms with Crippen LogP contribution in [0, 0.1) is 0 Å². The van der Waals surface area contributed by atoms with Crippen molar-refractivity contribution in [1.29, 1.82) is 0 Å². The summed E-state index contributed by atoms with van der Waals surface area (Å²) in [7, 11) is 0. The molecule has 1 heterocycles. The Labute approximate surface area is 147 Å². The number of ether oxygens (including phenoxy) is 3. The van der Waals surface area contributed by atoms with E-state index in [2.05, 4.69) is 5.32 Å². The highest BCUT2D eigenvalue weighted by Gasteiger charge is 2.30. The number of carbonyl (C=O) groups excluding carboxylic acids is 1. The molecule has 138 valence electrons. The number of hydrogen-bond acceptors (Lipinski definition) is 4. The van der Waals surface area contributed by atoms with E-state index in [9.17, 15) is 18.0 Å². The summed E-state index contributed by atoms with van der Waals surface area (Å²) >= 11 is 0. The molecule has 26 heavy (non-hydrogen) atoms. The van der Waals surface area contributed by atoms with Gasteiger partial charge in [-0.2, -0.15) is 13.2 Å². The summed E-state index contributed by atoms with van der Waals surface area (Å²) in [4.78, 5) is 11.8. The fourth-order valence-corrected chi connectivity index (χ4v) is 2.36. The van der Waals surface area contributed by atoms with Crippen LogP contribution in [0.25, 0.3) is 0 Å². The second-order valence-corrected chi connectivity index (χ2v) is 5.57. The molecule has 0 atom stereocenters. The van der Waals surface area contributed by atoms with E-state index in [1.165, 1.54) is 12.1 Å². The molecule has 2 aromatic rings. The maximum Gasteiger partial charge on any atom is 0.416 e. The number of nitrogens with one attached hydrogen (secondary N) is 1. The minimum absolute atomic E-state index is 0.0192. The smallest absolute Gasteiger partial charge is 0.416 e. The standard InChI is InChI=1S/C18H16F3NO4/c19-18(20,21)13-2-1-3-14(9-13)26-11-17(23)22-10-12-4-5-15-16(8-12)25-7-6-24-15/h1-5,8-9H,6-7,10-11H2,(H,22,23). The molecule has 0 bridgehead atoms. The highest BCUT2D eigenvalue weighted by Crippen LogP contribution is 2.31. The van der Waals surface area contributed by atoms with Crippen LogP contribution in [-0.4, -0.2) is 25.7 Å². The van der Waals surface area contributed by atoms with E-state index >= 15 is 0 Å². The molecule has 0 saturated heterocycles. The Balaban J connectivity index is 1.50. The minimum Gasteiger partial charge on any atom is -0.486 e. The second-order valence-electron chi connectivity index (χ2n) is 5.57. The van der Waals surface area contributed by atoms with Crippen LogP contribution >= 0.6 is 0 Å². The number of hydrogen-bond donors (Lipinski definition) is 1. The van der Waals surface area contributed by atoms with Gasteiger partial charge in [0.15, 0.2) is 18.1 Å². The van der Waals surface area contributed by atoms with Crippen molar-refractivity contribution in [3.8, 4) is 17.2 Å². The van der Waals surface area contributed by atoms with Crippen LogP contribution in [0.1, 0.15) is 11.1 Å². The number of alkyl halides is 3. The predicted octanol–water partition coefficient (Wildman–Crippen LogP) is 3.17. The van der Waals surface area contributed by atoms with Crippen molar-refractivity contribution >= 4 is 5.91 Å². The lowest BCUT2D eigenvalue weighted by Crippen LogP contribution is -2.28. The SMILES string of the molecule is O=C(COc1cccc(C(F)(F)F)c1)NCc1ccc2c(c1)OCCO2. The highest BCUT2D eigenvalue weighted by atomic mass is 19.4. The van der Waals surface area contributed by atoms with Crippen molar-refractivity contribution < 1.29 is 32.2 Å². The summed E-state index contributed by atoms with van der Waals surface area (Å²) in [5.41, 5.74) is -0.0200. The summed E-state index contributed by atoms with van der Waals surface area (Å²) in [6.07, 6.45) is -4.46. The maximum absolute atomic E-state index is 12.6. The van der Waals surface area contributed by atoms with Crippen LogP contribution in [0.2, 0.25) is 0 Å². The molecule has 0 aromatic heterocycles. The topological polar surface area (TPSA) is 56.8 Å². The molecule has 1 amide bonds. The van der Waals surface area contributed by atoms with Crippen molar-refractivity contribution in [3.05, 3.63) is 53.6 Å². The number of rotatable bonds is 5. The minimum atomic E-state index is -4.46. The van der Waals surface area contributed by atoms with Crippen molar-refractivity contribution in [2.45, 2.75) is 12.7 Å². The van der Waals surface area contributed by atoms with Gasteiger partial charge in [0.25, 0.3) is 5.91 Å². The van der Waals surface area contributed by atoms with E-state index in [0.717, 1.165) is 17.7 Å². The summed E-state index contributed by atoms with van der Waals surface area (Å²) in [5, 5.41) is 2.64. The van der Waals surface area contributed by atoms with Gasteiger partial charge in [0.05, 0.1) is 5.56 Å². The molecule has 0 fully saturated rings. The fraction of sp³-hybridized carbons (Fsp3) is 0.278. The summed E-state index contributed by atoms with van der Waals surface area (Å²) in [6.45, 7) is 0.816. The van der Waals surface area contributed by atoms with E-state index < -0.39 is 17.6 Å². The van der Waals surface area contributed by atoms with Gasteiger partial charge in [-0.3, -0.25) is 4.79 Å². The zero-order valence-electron chi connectivity index (χ0n) is 13.6. The van der Waals surface area contributed by atoms with E-state index in [-0.39, 0.29) is 18.9 Å². The van der Waals surface area contributed by atoms with Crippen LogP contribution in [0.5, 0.6) is 17.2 Å². The molecule has 0 aliphatic carbocycles. The molecule has 0 saturated carbocycles. The van der Waals surface area contributed by atoms with Crippen LogP contribution in [0.4, 0.5) is 13.2 Å². The lowest BCUT2D eigenvalue weighted by atomic mass is 10.2. The van der Waals surface area contributed by atoms with Crippen molar-refractivity contribution in [2.75, 3.05) is 19.8 Å². The van der Waals surface area contributed by atoms with Crippen LogP contribution < -0.4 is 19.5 Å². The van der Waals surface area contributed by atoms with E-state index in [4.69, 9.17) is 14.2 Å². The second kappa shape index (κ2) is 7.55. The third-order valence-electron chi connectivity index (χ3n) is 3.63. The molecule has 1 aliphatic heterocycles. The molecule has 2 aromatic carbocycles. The molecule has 8 heteroatoms. The normalized spacial score (nSPS) is 13.2.